The summed E-state index contributed by atoms with van der Waals surface area (Å²) in [6.45, 7) is 5.67. The molecule has 1 rings (SSSR count). The van der Waals surface area contributed by atoms with Gasteiger partial charge in [0.25, 0.3) is 0 Å². The highest BCUT2D eigenvalue weighted by molar-refractivity contribution is 5.88. The van der Waals surface area contributed by atoms with Gasteiger partial charge in [0.2, 0.25) is 0 Å². The van der Waals surface area contributed by atoms with E-state index in [1.54, 1.807) is 7.11 Å². The minimum absolute atomic E-state index is 0.0836. The van der Waals surface area contributed by atoms with Crippen LogP contribution in [-0.4, -0.2) is 18.9 Å². The first-order valence-corrected chi connectivity index (χ1v) is 5.77. The molecule has 1 atom stereocenters. The molecule has 1 aromatic carbocycles. The van der Waals surface area contributed by atoms with Crippen molar-refractivity contribution in [1.29, 1.82) is 0 Å². The predicted octanol–water partition coefficient (Wildman–Crippen LogP) is 2.18. The third-order valence-electron chi connectivity index (χ3n) is 2.67. The van der Waals surface area contributed by atoms with Crippen molar-refractivity contribution < 1.29 is 9.53 Å². The van der Waals surface area contributed by atoms with Gasteiger partial charge in [-0.15, -0.1) is 0 Å². The van der Waals surface area contributed by atoms with Crippen LogP contribution in [0.2, 0.25) is 0 Å². The van der Waals surface area contributed by atoms with Crippen LogP contribution >= 0.6 is 0 Å². The van der Waals surface area contributed by atoms with Crippen LogP contribution in [0.3, 0.4) is 0 Å². The third kappa shape index (κ3) is 3.86. The average molecular weight is 235 g/mol. The summed E-state index contributed by atoms with van der Waals surface area (Å²) in [5.74, 6) is 0.873. The van der Waals surface area contributed by atoms with E-state index in [2.05, 4.69) is 0 Å². The van der Waals surface area contributed by atoms with Gasteiger partial charge < -0.3 is 10.5 Å². The molecule has 94 valence electrons. The second-order valence-corrected chi connectivity index (χ2v) is 5.28. The number of ketones is 1. The Bertz CT molecular complexity index is 393. The van der Waals surface area contributed by atoms with Gasteiger partial charge in [0.1, 0.15) is 5.75 Å². The molecule has 0 heterocycles. The Morgan fingerprint density at radius 1 is 1.41 bits per heavy atom. The maximum Gasteiger partial charge on any atom is 0.155 e. The van der Waals surface area contributed by atoms with Crippen molar-refractivity contribution in [2.45, 2.75) is 33.2 Å². The lowest BCUT2D eigenvalue weighted by atomic mass is 9.85. The molecule has 1 unspecified atom stereocenters. The summed E-state index contributed by atoms with van der Waals surface area (Å²) < 4.78 is 5.14. The predicted molar refractivity (Wildman–Crippen MR) is 69.1 cm³/mol. The molecule has 0 aliphatic rings. The molecular formula is C14H21NO2. The van der Waals surface area contributed by atoms with Crippen molar-refractivity contribution in [3.63, 3.8) is 0 Å². The number of benzene rings is 1. The number of nitrogens with two attached hydrogens (primary N) is 1. The van der Waals surface area contributed by atoms with Crippen LogP contribution in [0.15, 0.2) is 24.3 Å². The van der Waals surface area contributed by atoms with Gasteiger partial charge in [0.05, 0.1) is 13.2 Å². The highest BCUT2D eigenvalue weighted by atomic mass is 16.5. The molecule has 0 spiro atoms. The standard InChI is InChI=1S/C14H21NO2/c1-14(2,3)13(16)12(15)9-10-6-5-7-11(8-10)17-4/h5-8,12H,9,15H2,1-4H3. The first kappa shape index (κ1) is 13.7. The molecule has 1 aromatic rings. The second kappa shape index (κ2) is 5.32. The lowest BCUT2D eigenvalue weighted by Gasteiger charge is -2.21. The fourth-order valence-corrected chi connectivity index (χ4v) is 1.70. The lowest BCUT2D eigenvalue weighted by molar-refractivity contribution is -0.127. The van der Waals surface area contributed by atoms with Gasteiger partial charge in [-0.05, 0) is 24.1 Å². The average Bonchev–Trinajstić information content (AvgIpc) is 2.27. The Morgan fingerprint density at radius 2 is 2.06 bits per heavy atom. The van der Waals surface area contributed by atoms with E-state index < -0.39 is 11.5 Å². The van der Waals surface area contributed by atoms with Gasteiger partial charge in [0, 0.05) is 5.41 Å². The van der Waals surface area contributed by atoms with Crippen molar-refractivity contribution in [3.8, 4) is 5.75 Å². The monoisotopic (exact) mass is 235 g/mol. The van der Waals surface area contributed by atoms with E-state index in [9.17, 15) is 4.79 Å². The van der Waals surface area contributed by atoms with Gasteiger partial charge in [-0.25, -0.2) is 0 Å². The molecule has 0 saturated carbocycles. The van der Waals surface area contributed by atoms with Crippen LogP contribution in [0.25, 0.3) is 0 Å². The number of hydrogen-bond donors (Lipinski definition) is 1. The first-order chi connectivity index (χ1) is 7.84. The van der Waals surface area contributed by atoms with E-state index in [0.29, 0.717) is 6.42 Å². The highest BCUT2D eigenvalue weighted by Crippen LogP contribution is 2.19. The topological polar surface area (TPSA) is 52.3 Å². The first-order valence-electron chi connectivity index (χ1n) is 5.77. The largest absolute Gasteiger partial charge is 0.497 e. The molecule has 0 aliphatic heterocycles. The summed E-state index contributed by atoms with van der Waals surface area (Å²) in [6.07, 6.45) is 0.549. The lowest BCUT2D eigenvalue weighted by Crippen LogP contribution is -2.40. The Kier molecular flexibility index (Phi) is 4.29. The molecule has 0 fully saturated rings. The zero-order valence-corrected chi connectivity index (χ0v) is 11.0. The normalized spacial score (nSPS) is 13.2. The van der Waals surface area contributed by atoms with Crippen molar-refractivity contribution in [2.24, 2.45) is 11.1 Å². The maximum atomic E-state index is 12.0. The highest BCUT2D eigenvalue weighted by Gasteiger charge is 2.27. The van der Waals surface area contributed by atoms with Crippen LogP contribution in [0.1, 0.15) is 26.3 Å². The minimum Gasteiger partial charge on any atom is -0.497 e. The quantitative estimate of drug-likeness (QED) is 0.870. The van der Waals surface area contributed by atoms with E-state index in [4.69, 9.17) is 10.5 Å². The van der Waals surface area contributed by atoms with Crippen LogP contribution in [-0.2, 0) is 11.2 Å². The maximum absolute atomic E-state index is 12.0. The number of hydrogen-bond acceptors (Lipinski definition) is 3. The molecule has 0 bridgehead atoms. The molecule has 0 aliphatic carbocycles. The summed E-state index contributed by atoms with van der Waals surface area (Å²) in [5, 5.41) is 0. The van der Waals surface area contributed by atoms with Gasteiger partial charge in [-0.1, -0.05) is 32.9 Å². The molecule has 2 N–H and O–H groups in total. The zero-order chi connectivity index (χ0) is 13.1. The summed E-state index contributed by atoms with van der Waals surface area (Å²) in [6, 6.07) is 7.19. The summed E-state index contributed by atoms with van der Waals surface area (Å²) >= 11 is 0. The number of carbonyl (C=O) groups excluding carboxylic acids is 1. The molecule has 17 heavy (non-hydrogen) atoms. The molecule has 0 aromatic heterocycles. The minimum atomic E-state index is -0.456. The molecule has 3 heteroatoms. The molecule has 3 nitrogen and oxygen atoms in total. The van der Waals surface area contributed by atoms with Crippen molar-refractivity contribution in [1.82, 2.24) is 0 Å². The van der Waals surface area contributed by atoms with E-state index in [0.717, 1.165) is 11.3 Å². The molecule has 0 amide bonds. The Hall–Kier alpha value is -1.35. The summed E-state index contributed by atoms with van der Waals surface area (Å²) in [7, 11) is 1.62. The van der Waals surface area contributed by atoms with Crippen molar-refractivity contribution in [3.05, 3.63) is 29.8 Å². The van der Waals surface area contributed by atoms with E-state index in [1.165, 1.54) is 0 Å². The number of rotatable bonds is 4. The molecule has 0 saturated heterocycles. The van der Waals surface area contributed by atoms with E-state index >= 15 is 0 Å². The molecule has 0 radical (unpaired) electrons. The third-order valence-corrected chi connectivity index (χ3v) is 2.67. The summed E-state index contributed by atoms with van der Waals surface area (Å²) in [5.41, 5.74) is 6.57. The van der Waals surface area contributed by atoms with E-state index in [-0.39, 0.29) is 5.78 Å². The van der Waals surface area contributed by atoms with Crippen LogP contribution in [0.5, 0.6) is 5.75 Å². The smallest absolute Gasteiger partial charge is 0.155 e. The van der Waals surface area contributed by atoms with Crippen LogP contribution < -0.4 is 10.5 Å². The van der Waals surface area contributed by atoms with Gasteiger partial charge in [0.15, 0.2) is 5.78 Å². The second-order valence-electron chi connectivity index (χ2n) is 5.28. The van der Waals surface area contributed by atoms with Gasteiger partial charge in [-0.3, -0.25) is 4.79 Å². The SMILES string of the molecule is COc1cccc(CC(N)C(=O)C(C)(C)C)c1. The number of ether oxygens (including phenoxy) is 1. The number of carbonyl (C=O) groups is 1. The van der Waals surface area contributed by atoms with Crippen molar-refractivity contribution in [2.75, 3.05) is 7.11 Å². The van der Waals surface area contributed by atoms with Gasteiger partial charge in [-0.2, -0.15) is 0 Å². The van der Waals surface area contributed by atoms with Crippen LogP contribution in [0.4, 0.5) is 0 Å². The Morgan fingerprint density at radius 3 is 2.59 bits per heavy atom. The summed E-state index contributed by atoms with van der Waals surface area (Å²) in [4.78, 5) is 12.0. The molecular weight excluding hydrogens is 214 g/mol. The van der Waals surface area contributed by atoms with E-state index in [1.807, 2.05) is 45.0 Å². The van der Waals surface area contributed by atoms with Crippen molar-refractivity contribution >= 4 is 5.78 Å². The fourth-order valence-electron chi connectivity index (χ4n) is 1.70. The Labute approximate surface area is 103 Å². The fraction of sp³-hybridized carbons (Fsp3) is 0.500. The van der Waals surface area contributed by atoms with Gasteiger partial charge >= 0.3 is 0 Å². The Balaban J connectivity index is 2.74. The zero-order valence-electron chi connectivity index (χ0n) is 11.0. The number of methoxy groups -OCH3 is 1. The van der Waals surface area contributed by atoms with Crippen LogP contribution in [0, 0.1) is 5.41 Å². The number of Topliss-reactive ketones (excluding diaryl/α,β-unsaturated/α-hetero) is 1.